The standard InChI is InChI=1S/C22H29N7O/c1-15-8-11-27(13-15)21-16(2)14-29-20(24-21)12-17(25-29)18-6-4-5-10-28(18)22(30)19-7-9-23-26(19)3/h7,9,12,14-15,18H,4-6,8,10-11,13H2,1-3H3/t15-,18-/m0/s1. The Bertz CT molecular complexity index is 1080. The predicted molar refractivity (Wildman–Crippen MR) is 115 cm³/mol. The van der Waals surface area contributed by atoms with Crippen LogP contribution in [0.5, 0.6) is 0 Å². The van der Waals surface area contributed by atoms with Gasteiger partial charge in [-0.1, -0.05) is 6.92 Å². The second-order valence-electron chi connectivity index (χ2n) is 8.81. The summed E-state index contributed by atoms with van der Waals surface area (Å²) >= 11 is 0. The van der Waals surface area contributed by atoms with Gasteiger partial charge in [-0.15, -0.1) is 0 Å². The fraction of sp³-hybridized carbons (Fsp3) is 0.545. The van der Waals surface area contributed by atoms with Crippen molar-refractivity contribution in [2.24, 2.45) is 13.0 Å². The van der Waals surface area contributed by atoms with E-state index < -0.39 is 0 Å². The van der Waals surface area contributed by atoms with E-state index in [-0.39, 0.29) is 11.9 Å². The Labute approximate surface area is 176 Å². The van der Waals surface area contributed by atoms with Crippen molar-refractivity contribution < 1.29 is 4.79 Å². The van der Waals surface area contributed by atoms with E-state index in [0.717, 1.165) is 61.6 Å². The number of hydrogen-bond donors (Lipinski definition) is 0. The van der Waals surface area contributed by atoms with E-state index in [1.807, 2.05) is 16.5 Å². The average Bonchev–Trinajstić information content (AvgIpc) is 3.46. The lowest BCUT2D eigenvalue weighted by Crippen LogP contribution is -2.39. The Morgan fingerprint density at radius 1 is 1.20 bits per heavy atom. The number of aromatic nitrogens is 5. The van der Waals surface area contributed by atoms with Crippen molar-refractivity contribution in [1.82, 2.24) is 29.3 Å². The average molecular weight is 408 g/mol. The molecule has 0 saturated carbocycles. The van der Waals surface area contributed by atoms with Crippen molar-refractivity contribution in [3.05, 3.63) is 41.5 Å². The summed E-state index contributed by atoms with van der Waals surface area (Å²) in [6, 6.07) is 3.81. The molecule has 0 unspecified atom stereocenters. The number of fused-ring (bicyclic) bond motifs is 1. The number of amides is 1. The molecule has 0 radical (unpaired) electrons. The largest absolute Gasteiger partial charge is 0.356 e. The molecule has 3 aromatic heterocycles. The molecule has 0 aromatic carbocycles. The maximum absolute atomic E-state index is 13.2. The van der Waals surface area contributed by atoms with E-state index in [0.29, 0.717) is 11.6 Å². The number of carbonyl (C=O) groups is 1. The second-order valence-corrected chi connectivity index (χ2v) is 8.81. The molecule has 2 aliphatic rings. The zero-order chi connectivity index (χ0) is 20.8. The van der Waals surface area contributed by atoms with Crippen molar-refractivity contribution in [1.29, 1.82) is 0 Å². The molecule has 0 spiro atoms. The van der Waals surface area contributed by atoms with Crippen molar-refractivity contribution in [3.8, 4) is 0 Å². The maximum atomic E-state index is 13.2. The summed E-state index contributed by atoms with van der Waals surface area (Å²) in [5.74, 6) is 1.79. The third kappa shape index (κ3) is 3.24. The van der Waals surface area contributed by atoms with Crippen molar-refractivity contribution >= 4 is 17.4 Å². The van der Waals surface area contributed by atoms with Crippen LogP contribution >= 0.6 is 0 Å². The summed E-state index contributed by atoms with van der Waals surface area (Å²) in [6.07, 6.45) is 7.98. The van der Waals surface area contributed by atoms with E-state index in [9.17, 15) is 4.79 Å². The molecule has 5 heterocycles. The lowest BCUT2D eigenvalue weighted by atomic mass is 9.99. The summed E-state index contributed by atoms with van der Waals surface area (Å²) in [7, 11) is 1.81. The first-order chi connectivity index (χ1) is 14.5. The predicted octanol–water partition coefficient (Wildman–Crippen LogP) is 2.98. The van der Waals surface area contributed by atoms with Gasteiger partial charge in [0.15, 0.2) is 5.65 Å². The summed E-state index contributed by atoms with van der Waals surface area (Å²) < 4.78 is 3.51. The number of hydrogen-bond acceptors (Lipinski definition) is 5. The topological polar surface area (TPSA) is 71.6 Å². The van der Waals surface area contributed by atoms with Gasteiger partial charge in [0.25, 0.3) is 5.91 Å². The number of anilines is 1. The molecular formula is C22H29N7O. The lowest BCUT2D eigenvalue weighted by Gasteiger charge is -2.34. The Hall–Kier alpha value is -2.90. The van der Waals surface area contributed by atoms with Crippen LogP contribution in [0.3, 0.4) is 0 Å². The fourth-order valence-electron chi connectivity index (χ4n) is 4.84. The Morgan fingerprint density at radius 2 is 2.07 bits per heavy atom. The molecule has 8 nitrogen and oxygen atoms in total. The molecule has 2 saturated heterocycles. The van der Waals surface area contributed by atoms with Crippen LogP contribution in [0.4, 0.5) is 5.82 Å². The van der Waals surface area contributed by atoms with E-state index in [1.54, 1.807) is 16.9 Å². The molecule has 3 aromatic rings. The SMILES string of the molecule is Cc1cn2nc([C@@H]3CCCCN3C(=O)c3ccnn3C)cc2nc1N1CC[C@H](C)C1. The smallest absolute Gasteiger partial charge is 0.272 e. The van der Waals surface area contributed by atoms with Crippen LogP contribution in [-0.2, 0) is 7.05 Å². The molecule has 2 atom stereocenters. The van der Waals surface area contributed by atoms with Crippen LogP contribution in [0, 0.1) is 12.8 Å². The molecule has 0 N–H and O–H groups in total. The summed E-state index contributed by atoms with van der Waals surface area (Å²) in [4.78, 5) is 22.5. The summed E-state index contributed by atoms with van der Waals surface area (Å²) in [5, 5.41) is 9.00. The Morgan fingerprint density at radius 3 is 2.80 bits per heavy atom. The van der Waals surface area contributed by atoms with Gasteiger partial charge in [0.2, 0.25) is 0 Å². The quantitative estimate of drug-likeness (QED) is 0.667. The van der Waals surface area contributed by atoms with Gasteiger partial charge in [0.1, 0.15) is 11.5 Å². The Balaban J connectivity index is 1.48. The van der Waals surface area contributed by atoms with Crippen LogP contribution in [0.15, 0.2) is 24.5 Å². The number of aryl methyl sites for hydroxylation is 2. The number of carbonyl (C=O) groups excluding carboxylic acids is 1. The molecule has 0 aliphatic carbocycles. The number of likely N-dealkylation sites (tertiary alicyclic amines) is 1. The monoisotopic (exact) mass is 407 g/mol. The van der Waals surface area contributed by atoms with Gasteiger partial charge in [-0.2, -0.15) is 10.2 Å². The summed E-state index contributed by atoms with van der Waals surface area (Å²) in [5.41, 5.74) is 3.52. The zero-order valence-corrected chi connectivity index (χ0v) is 18.0. The molecule has 0 bridgehead atoms. The minimum absolute atomic E-state index is 0.0210. The highest BCUT2D eigenvalue weighted by molar-refractivity contribution is 5.92. The Kier molecular flexibility index (Phi) is 4.72. The molecule has 158 valence electrons. The van der Waals surface area contributed by atoms with Crippen molar-refractivity contribution in [3.63, 3.8) is 0 Å². The van der Waals surface area contributed by atoms with E-state index in [1.165, 1.54) is 6.42 Å². The molecular weight excluding hydrogens is 378 g/mol. The highest BCUT2D eigenvalue weighted by atomic mass is 16.2. The van der Waals surface area contributed by atoms with E-state index >= 15 is 0 Å². The van der Waals surface area contributed by atoms with Gasteiger partial charge in [0, 0.05) is 50.7 Å². The summed E-state index contributed by atoms with van der Waals surface area (Å²) in [6.45, 7) is 7.25. The van der Waals surface area contributed by atoms with Crippen molar-refractivity contribution in [2.75, 3.05) is 24.5 Å². The second kappa shape index (κ2) is 7.41. The normalized spacial score (nSPS) is 22.2. The first-order valence-electron chi connectivity index (χ1n) is 10.9. The van der Waals surface area contributed by atoms with Crippen LogP contribution in [-0.4, -0.2) is 54.8 Å². The lowest BCUT2D eigenvalue weighted by molar-refractivity contribution is 0.0594. The fourth-order valence-corrected chi connectivity index (χ4v) is 4.84. The minimum atomic E-state index is -0.0292. The first kappa shape index (κ1) is 19.1. The van der Waals surface area contributed by atoms with Gasteiger partial charge >= 0.3 is 0 Å². The van der Waals surface area contributed by atoms with Gasteiger partial charge in [-0.25, -0.2) is 9.50 Å². The number of piperidine rings is 1. The molecule has 2 aliphatic heterocycles. The molecule has 1 amide bonds. The molecule has 8 heteroatoms. The van der Waals surface area contributed by atoms with Crippen molar-refractivity contribution in [2.45, 2.75) is 45.6 Å². The van der Waals surface area contributed by atoms with Crippen LogP contribution in [0.1, 0.15) is 60.4 Å². The maximum Gasteiger partial charge on any atom is 0.272 e. The van der Waals surface area contributed by atoms with Gasteiger partial charge in [0.05, 0.1) is 11.7 Å². The van der Waals surface area contributed by atoms with Gasteiger partial charge in [-0.05, 0) is 44.6 Å². The molecule has 2 fully saturated rings. The van der Waals surface area contributed by atoms with Crippen LogP contribution in [0.2, 0.25) is 0 Å². The van der Waals surface area contributed by atoms with Gasteiger partial charge in [-0.3, -0.25) is 9.48 Å². The van der Waals surface area contributed by atoms with E-state index in [4.69, 9.17) is 10.1 Å². The first-order valence-corrected chi connectivity index (χ1v) is 10.9. The molecule has 5 rings (SSSR count). The van der Waals surface area contributed by atoms with Gasteiger partial charge < -0.3 is 9.80 Å². The van der Waals surface area contributed by atoms with E-state index in [2.05, 4.69) is 36.1 Å². The highest BCUT2D eigenvalue weighted by Crippen LogP contribution is 2.33. The van der Waals surface area contributed by atoms with Crippen LogP contribution in [0.25, 0.3) is 5.65 Å². The minimum Gasteiger partial charge on any atom is -0.356 e. The third-order valence-corrected chi connectivity index (χ3v) is 6.49. The molecule has 30 heavy (non-hydrogen) atoms. The van der Waals surface area contributed by atoms with Crippen LogP contribution < -0.4 is 4.90 Å². The third-order valence-electron chi connectivity index (χ3n) is 6.49. The number of rotatable bonds is 3. The number of nitrogens with zero attached hydrogens (tertiary/aromatic N) is 7. The zero-order valence-electron chi connectivity index (χ0n) is 18.0. The highest BCUT2D eigenvalue weighted by Gasteiger charge is 2.32.